The lowest BCUT2D eigenvalue weighted by molar-refractivity contribution is -0.135. The first kappa shape index (κ1) is 22.0. The molecule has 0 bridgehead atoms. The summed E-state index contributed by atoms with van der Waals surface area (Å²) in [6.45, 7) is 5.35. The highest BCUT2D eigenvalue weighted by Gasteiger charge is 2.12. The quantitative estimate of drug-likeness (QED) is 0.550. The van der Waals surface area contributed by atoms with Crippen molar-refractivity contribution in [1.29, 1.82) is 0 Å². The van der Waals surface area contributed by atoms with Gasteiger partial charge in [0, 0.05) is 26.3 Å². The van der Waals surface area contributed by atoms with Gasteiger partial charge in [-0.2, -0.15) is 0 Å². The molecule has 0 heterocycles. The van der Waals surface area contributed by atoms with Crippen molar-refractivity contribution in [2.24, 2.45) is 11.7 Å². The Hall–Kier alpha value is -1.18. The van der Waals surface area contributed by atoms with E-state index in [4.69, 9.17) is 30.6 Å². The van der Waals surface area contributed by atoms with Crippen molar-refractivity contribution in [3.8, 4) is 0 Å². The van der Waals surface area contributed by atoms with Gasteiger partial charge in [0.1, 0.15) is 0 Å². The zero-order chi connectivity index (χ0) is 15.3. The molecule has 0 saturated heterocycles. The first-order chi connectivity index (χ1) is 8.04. The van der Waals surface area contributed by atoms with Crippen molar-refractivity contribution >= 4 is 11.9 Å². The van der Waals surface area contributed by atoms with E-state index in [2.05, 4.69) is 0 Å². The molecule has 0 aromatic carbocycles. The predicted octanol–water partition coefficient (Wildman–Crippen LogP) is -0.314. The number of carboxylic acids is 2. The molecule has 0 amide bonds. The highest BCUT2D eigenvalue weighted by Crippen LogP contribution is 2.01. The van der Waals surface area contributed by atoms with E-state index in [0.29, 0.717) is 6.54 Å². The molecule has 0 radical (unpaired) electrons. The van der Waals surface area contributed by atoms with E-state index >= 15 is 0 Å². The summed E-state index contributed by atoms with van der Waals surface area (Å²) in [5.41, 5.74) is 5.44. The van der Waals surface area contributed by atoms with Crippen molar-refractivity contribution in [2.75, 3.05) is 27.2 Å². The molecule has 2 atom stereocenters. The average Bonchev–Trinajstić information content (AvgIpc) is 2.11. The zero-order valence-corrected chi connectivity index (χ0v) is 11.8. The molecule has 7 heteroatoms. The van der Waals surface area contributed by atoms with Crippen LogP contribution in [0.25, 0.3) is 0 Å². The van der Waals surface area contributed by atoms with Crippen LogP contribution in [-0.4, -0.2) is 65.4 Å². The van der Waals surface area contributed by atoms with Gasteiger partial charge in [0.25, 0.3) is 11.9 Å². The largest absolute Gasteiger partial charge is 0.481 e. The molecule has 0 aliphatic carbocycles. The lowest BCUT2D eigenvalue weighted by atomic mass is 10.0. The van der Waals surface area contributed by atoms with E-state index in [1.165, 1.54) is 0 Å². The fourth-order valence-corrected chi connectivity index (χ4v) is 0.893. The minimum Gasteiger partial charge on any atom is -0.481 e. The molecule has 0 fully saturated rings. The molecule has 110 valence electrons. The van der Waals surface area contributed by atoms with Gasteiger partial charge in [0.05, 0.1) is 6.10 Å². The summed E-state index contributed by atoms with van der Waals surface area (Å²) in [5.74, 6) is -1.46. The number of aliphatic hydroxyl groups is 1. The maximum absolute atomic E-state index is 9.15. The Labute approximate surface area is 108 Å². The fraction of sp³-hybridized carbons (Fsp3) is 0.818. The van der Waals surface area contributed by atoms with Crippen molar-refractivity contribution in [2.45, 2.75) is 26.9 Å². The van der Waals surface area contributed by atoms with Crippen molar-refractivity contribution in [3.63, 3.8) is 0 Å². The highest BCUT2D eigenvalue weighted by molar-refractivity contribution is 5.63. The molecule has 5 N–H and O–H groups in total. The van der Waals surface area contributed by atoms with Gasteiger partial charge in [-0.15, -0.1) is 0 Å². The number of carbonyl (C=O) groups is 2. The van der Waals surface area contributed by atoms with E-state index in [1.807, 2.05) is 19.0 Å². The molecule has 0 spiro atoms. The van der Waals surface area contributed by atoms with E-state index in [9.17, 15) is 0 Å². The Morgan fingerprint density at radius 2 is 1.44 bits per heavy atom. The van der Waals surface area contributed by atoms with Crippen LogP contribution >= 0.6 is 0 Å². The van der Waals surface area contributed by atoms with E-state index in [1.54, 1.807) is 6.92 Å². The minimum absolute atomic E-state index is 0.204. The lowest BCUT2D eigenvalue weighted by Crippen LogP contribution is -2.34. The SMILES string of the molecule is CC(=O)O.CC(=O)O.CC(O)C(CN)CN(C)C. The summed E-state index contributed by atoms with van der Waals surface area (Å²) < 4.78 is 0. The molecular weight excluding hydrogens is 240 g/mol. The number of aliphatic hydroxyl groups excluding tert-OH is 1. The van der Waals surface area contributed by atoms with Gasteiger partial charge in [0.15, 0.2) is 0 Å². The van der Waals surface area contributed by atoms with E-state index in [-0.39, 0.29) is 12.0 Å². The van der Waals surface area contributed by atoms with Crippen LogP contribution in [0.2, 0.25) is 0 Å². The Morgan fingerprint density at radius 1 is 1.17 bits per heavy atom. The van der Waals surface area contributed by atoms with Crippen molar-refractivity contribution in [1.82, 2.24) is 4.90 Å². The second-order valence-corrected chi connectivity index (χ2v) is 4.04. The van der Waals surface area contributed by atoms with Gasteiger partial charge >= 0.3 is 0 Å². The molecule has 0 aliphatic rings. The third-order valence-electron chi connectivity index (χ3n) is 1.58. The molecule has 0 aromatic rings. The minimum atomic E-state index is -0.833. The van der Waals surface area contributed by atoms with Crippen LogP contribution in [0.3, 0.4) is 0 Å². The van der Waals surface area contributed by atoms with Crippen LogP contribution in [-0.2, 0) is 9.59 Å². The molecule has 18 heavy (non-hydrogen) atoms. The molecule has 2 unspecified atom stereocenters. The Balaban J connectivity index is -0.000000233. The second kappa shape index (κ2) is 13.9. The lowest BCUT2D eigenvalue weighted by Gasteiger charge is -2.21. The fourth-order valence-electron chi connectivity index (χ4n) is 0.893. The van der Waals surface area contributed by atoms with Crippen molar-refractivity contribution in [3.05, 3.63) is 0 Å². The average molecular weight is 266 g/mol. The second-order valence-electron chi connectivity index (χ2n) is 4.04. The molecule has 0 saturated carbocycles. The molecule has 7 nitrogen and oxygen atoms in total. The van der Waals surface area contributed by atoms with Crippen LogP contribution in [0.5, 0.6) is 0 Å². The third-order valence-corrected chi connectivity index (χ3v) is 1.58. The van der Waals surface area contributed by atoms with Gasteiger partial charge in [-0.3, -0.25) is 9.59 Å². The standard InChI is InChI=1S/C7H18N2O.2C2H4O2/c1-6(10)7(4-8)5-9(2)3;2*1-2(3)4/h6-7,10H,4-5,8H2,1-3H3;2*1H3,(H,3,4). The molecule has 0 rings (SSSR count). The number of rotatable bonds is 4. The van der Waals surface area contributed by atoms with Crippen LogP contribution in [0, 0.1) is 5.92 Å². The van der Waals surface area contributed by atoms with Crippen LogP contribution in [0.4, 0.5) is 0 Å². The summed E-state index contributed by atoms with van der Waals surface area (Å²) in [5, 5.41) is 24.0. The molecule has 0 aliphatic heterocycles. The van der Waals surface area contributed by atoms with Gasteiger partial charge in [-0.05, 0) is 27.6 Å². The number of nitrogens with zero attached hydrogens (tertiary/aromatic N) is 1. The predicted molar refractivity (Wildman–Crippen MR) is 69.4 cm³/mol. The number of nitrogens with two attached hydrogens (primary N) is 1. The number of hydrogen-bond donors (Lipinski definition) is 4. The van der Waals surface area contributed by atoms with Gasteiger partial charge in [0.2, 0.25) is 0 Å². The maximum Gasteiger partial charge on any atom is 0.300 e. The maximum atomic E-state index is 9.15. The number of carboxylic acid groups (broad SMARTS) is 2. The first-order valence-corrected chi connectivity index (χ1v) is 5.46. The number of aliphatic carboxylic acids is 2. The van der Waals surface area contributed by atoms with Crippen LogP contribution in [0.1, 0.15) is 20.8 Å². The van der Waals surface area contributed by atoms with E-state index in [0.717, 1.165) is 20.4 Å². The number of hydrogen-bond acceptors (Lipinski definition) is 5. The van der Waals surface area contributed by atoms with Gasteiger partial charge in [-0.1, -0.05) is 0 Å². The zero-order valence-electron chi connectivity index (χ0n) is 11.8. The summed E-state index contributed by atoms with van der Waals surface area (Å²) >= 11 is 0. The molecular formula is C11H26N2O5. The monoisotopic (exact) mass is 266 g/mol. The van der Waals surface area contributed by atoms with Gasteiger partial charge < -0.3 is 26.0 Å². The first-order valence-electron chi connectivity index (χ1n) is 5.46. The summed E-state index contributed by atoms with van der Waals surface area (Å²) in [6.07, 6.45) is -0.299. The smallest absolute Gasteiger partial charge is 0.300 e. The Morgan fingerprint density at radius 3 is 1.50 bits per heavy atom. The highest BCUT2D eigenvalue weighted by atomic mass is 16.4. The topological polar surface area (TPSA) is 124 Å². The Kier molecular flexibility index (Phi) is 17.0. The van der Waals surface area contributed by atoms with Crippen LogP contribution in [0.15, 0.2) is 0 Å². The summed E-state index contributed by atoms with van der Waals surface area (Å²) in [6, 6.07) is 0. The normalized spacial score (nSPS) is 12.4. The van der Waals surface area contributed by atoms with Crippen molar-refractivity contribution < 1.29 is 24.9 Å². The van der Waals surface area contributed by atoms with E-state index < -0.39 is 11.9 Å². The summed E-state index contributed by atoms with van der Waals surface area (Å²) in [4.78, 5) is 20.0. The Bertz CT molecular complexity index is 199. The molecule has 0 aromatic heterocycles. The van der Waals surface area contributed by atoms with Crippen LogP contribution < -0.4 is 5.73 Å². The summed E-state index contributed by atoms with van der Waals surface area (Å²) in [7, 11) is 3.95. The third kappa shape index (κ3) is 36.4. The van der Waals surface area contributed by atoms with Gasteiger partial charge in [-0.25, -0.2) is 0 Å².